The Morgan fingerprint density at radius 1 is 0.444 bits per heavy atom. The van der Waals surface area contributed by atoms with E-state index in [1.54, 1.807) is 0 Å². The Bertz CT molecular complexity index is 1430. The minimum atomic E-state index is 1.20. The summed E-state index contributed by atoms with van der Waals surface area (Å²) in [4.78, 5) is 0. The van der Waals surface area contributed by atoms with E-state index >= 15 is 0 Å². The summed E-state index contributed by atoms with van der Waals surface area (Å²) < 4.78 is 2.28. The van der Waals surface area contributed by atoms with Crippen LogP contribution in [0.1, 0.15) is 0 Å². The molecule has 0 N–H and O–H groups in total. The molecule has 0 bridgehead atoms. The molecule has 0 aliphatic carbocycles. The van der Waals surface area contributed by atoms with Crippen molar-refractivity contribution in [2.24, 2.45) is 0 Å². The van der Waals surface area contributed by atoms with Crippen LogP contribution in [0.25, 0.3) is 48.9 Å². The van der Waals surface area contributed by atoms with Crippen molar-refractivity contribution in [2.45, 2.75) is 0 Å². The zero-order valence-corrected chi connectivity index (χ0v) is 14.8. The SMILES string of the molecule is c1ccc2c(c1)ccn2-c1ccc2c3ccccc3c3ccccc3c2c1. The van der Waals surface area contributed by atoms with Gasteiger partial charge in [0, 0.05) is 11.9 Å². The molecule has 0 aliphatic heterocycles. The van der Waals surface area contributed by atoms with Crippen molar-refractivity contribution < 1.29 is 0 Å². The summed E-state index contributed by atoms with van der Waals surface area (Å²) >= 11 is 0. The fourth-order valence-electron chi connectivity index (χ4n) is 4.35. The van der Waals surface area contributed by atoms with E-state index in [2.05, 4.69) is 108 Å². The Balaban J connectivity index is 1.76. The van der Waals surface area contributed by atoms with Crippen molar-refractivity contribution in [3.05, 3.63) is 103 Å². The predicted molar refractivity (Wildman–Crippen MR) is 116 cm³/mol. The Morgan fingerprint density at radius 2 is 1.00 bits per heavy atom. The molecule has 0 saturated heterocycles. The second kappa shape index (κ2) is 5.46. The van der Waals surface area contributed by atoms with Crippen molar-refractivity contribution in [1.29, 1.82) is 0 Å². The van der Waals surface area contributed by atoms with E-state index in [1.807, 2.05) is 0 Å². The van der Waals surface area contributed by atoms with Gasteiger partial charge < -0.3 is 4.57 Å². The number of rotatable bonds is 1. The second-order valence-corrected chi connectivity index (χ2v) is 7.07. The molecule has 0 saturated carbocycles. The Labute approximate surface area is 157 Å². The molecule has 6 aromatic rings. The molecule has 1 heterocycles. The summed E-state index contributed by atoms with van der Waals surface area (Å²) in [5.74, 6) is 0. The number of para-hydroxylation sites is 1. The van der Waals surface area contributed by atoms with Crippen LogP contribution >= 0.6 is 0 Å². The van der Waals surface area contributed by atoms with E-state index in [0.29, 0.717) is 0 Å². The lowest BCUT2D eigenvalue weighted by atomic mass is 9.94. The Morgan fingerprint density at radius 3 is 1.70 bits per heavy atom. The van der Waals surface area contributed by atoms with Crippen LogP contribution in [0.4, 0.5) is 0 Å². The summed E-state index contributed by atoms with van der Waals surface area (Å²) in [6.45, 7) is 0. The maximum absolute atomic E-state index is 2.33. The van der Waals surface area contributed by atoms with Gasteiger partial charge in [0.2, 0.25) is 0 Å². The molecule has 5 aromatic carbocycles. The Hall–Kier alpha value is -3.58. The second-order valence-electron chi connectivity index (χ2n) is 7.07. The quantitative estimate of drug-likeness (QED) is 0.281. The highest BCUT2D eigenvalue weighted by Gasteiger charge is 2.10. The standard InChI is InChI=1S/C26H17N/c1-6-12-26-18(7-1)15-16-27(26)19-13-14-24-22-10-3-2-8-20(22)21-9-4-5-11-23(21)25(24)17-19/h1-17H. The molecule has 0 aliphatic rings. The van der Waals surface area contributed by atoms with Crippen LogP contribution in [0.2, 0.25) is 0 Å². The van der Waals surface area contributed by atoms with Gasteiger partial charge in [-0.2, -0.15) is 0 Å². The minimum absolute atomic E-state index is 1.20. The van der Waals surface area contributed by atoms with Crippen LogP contribution in [0, 0.1) is 0 Å². The van der Waals surface area contributed by atoms with E-state index < -0.39 is 0 Å². The van der Waals surface area contributed by atoms with Crippen LogP contribution in [0.15, 0.2) is 103 Å². The van der Waals surface area contributed by atoms with Crippen LogP contribution in [0.5, 0.6) is 0 Å². The van der Waals surface area contributed by atoms with Crippen LogP contribution < -0.4 is 0 Å². The predicted octanol–water partition coefficient (Wildman–Crippen LogP) is 7.09. The van der Waals surface area contributed by atoms with E-state index in [1.165, 1.54) is 48.9 Å². The normalized spacial score (nSPS) is 11.7. The number of fused-ring (bicyclic) bond motifs is 7. The highest BCUT2D eigenvalue weighted by atomic mass is 15.0. The van der Waals surface area contributed by atoms with Crippen molar-refractivity contribution >= 4 is 43.2 Å². The molecule has 126 valence electrons. The first-order valence-corrected chi connectivity index (χ1v) is 9.30. The van der Waals surface area contributed by atoms with E-state index in [9.17, 15) is 0 Å². The highest BCUT2D eigenvalue weighted by Crippen LogP contribution is 2.36. The first-order chi connectivity index (χ1) is 13.4. The molecule has 0 unspecified atom stereocenters. The topological polar surface area (TPSA) is 4.93 Å². The number of hydrogen-bond acceptors (Lipinski definition) is 0. The molecule has 1 aromatic heterocycles. The first-order valence-electron chi connectivity index (χ1n) is 9.30. The summed E-state index contributed by atoms with van der Waals surface area (Å²) in [6.07, 6.45) is 2.16. The number of aromatic nitrogens is 1. The van der Waals surface area contributed by atoms with Gasteiger partial charge in [0.25, 0.3) is 0 Å². The molecule has 0 fully saturated rings. The summed E-state index contributed by atoms with van der Waals surface area (Å²) in [5, 5.41) is 9.14. The number of benzene rings is 5. The van der Waals surface area contributed by atoms with Gasteiger partial charge in [-0.05, 0) is 62.0 Å². The molecule has 6 rings (SSSR count). The number of nitrogens with zero attached hydrogens (tertiary/aromatic N) is 1. The smallest absolute Gasteiger partial charge is 0.0528 e. The van der Waals surface area contributed by atoms with Crippen molar-refractivity contribution in [3.63, 3.8) is 0 Å². The summed E-state index contributed by atoms with van der Waals surface area (Å²) in [5.41, 5.74) is 2.44. The van der Waals surface area contributed by atoms with E-state index in [-0.39, 0.29) is 0 Å². The van der Waals surface area contributed by atoms with E-state index in [0.717, 1.165) is 0 Å². The molecular weight excluding hydrogens is 326 g/mol. The molecule has 1 heteroatoms. The van der Waals surface area contributed by atoms with E-state index in [4.69, 9.17) is 0 Å². The third-order valence-electron chi connectivity index (χ3n) is 5.61. The average molecular weight is 343 g/mol. The van der Waals surface area contributed by atoms with Gasteiger partial charge in [0.1, 0.15) is 0 Å². The third kappa shape index (κ3) is 2.06. The minimum Gasteiger partial charge on any atom is -0.317 e. The zero-order valence-electron chi connectivity index (χ0n) is 14.8. The zero-order chi connectivity index (χ0) is 17.8. The van der Waals surface area contributed by atoms with Gasteiger partial charge in [-0.25, -0.2) is 0 Å². The van der Waals surface area contributed by atoms with Crippen LogP contribution in [-0.4, -0.2) is 4.57 Å². The van der Waals surface area contributed by atoms with Gasteiger partial charge in [-0.1, -0.05) is 72.8 Å². The lowest BCUT2D eigenvalue weighted by Crippen LogP contribution is -1.92. The van der Waals surface area contributed by atoms with Crippen molar-refractivity contribution in [1.82, 2.24) is 4.57 Å². The van der Waals surface area contributed by atoms with Gasteiger partial charge in [-0.3, -0.25) is 0 Å². The highest BCUT2D eigenvalue weighted by molar-refractivity contribution is 6.25. The van der Waals surface area contributed by atoms with Gasteiger partial charge in [0.15, 0.2) is 0 Å². The molecule has 0 atom stereocenters. The maximum atomic E-state index is 2.33. The fraction of sp³-hybridized carbons (Fsp3) is 0. The molecular formula is C26H17N. The van der Waals surface area contributed by atoms with Crippen LogP contribution in [-0.2, 0) is 0 Å². The Kier molecular flexibility index (Phi) is 2.95. The monoisotopic (exact) mass is 343 g/mol. The first kappa shape index (κ1) is 14.6. The molecule has 0 radical (unpaired) electrons. The van der Waals surface area contributed by atoms with Crippen LogP contribution in [0.3, 0.4) is 0 Å². The summed E-state index contributed by atoms with van der Waals surface area (Å²) in [7, 11) is 0. The van der Waals surface area contributed by atoms with Crippen molar-refractivity contribution in [2.75, 3.05) is 0 Å². The molecule has 27 heavy (non-hydrogen) atoms. The maximum Gasteiger partial charge on any atom is 0.0528 e. The molecule has 0 amide bonds. The largest absolute Gasteiger partial charge is 0.317 e. The lowest BCUT2D eigenvalue weighted by molar-refractivity contribution is 1.13. The van der Waals surface area contributed by atoms with Gasteiger partial charge in [-0.15, -0.1) is 0 Å². The van der Waals surface area contributed by atoms with Gasteiger partial charge >= 0.3 is 0 Å². The van der Waals surface area contributed by atoms with Gasteiger partial charge in [0.05, 0.1) is 5.52 Å². The van der Waals surface area contributed by atoms with Crippen molar-refractivity contribution in [3.8, 4) is 5.69 Å². The average Bonchev–Trinajstić information content (AvgIpc) is 3.18. The molecule has 0 spiro atoms. The number of hydrogen-bond donors (Lipinski definition) is 0. The summed E-state index contributed by atoms with van der Waals surface area (Å²) in [6, 6.07) is 35.0. The fourth-order valence-corrected chi connectivity index (χ4v) is 4.35. The molecule has 1 nitrogen and oxygen atoms in total. The third-order valence-corrected chi connectivity index (χ3v) is 5.61. The lowest BCUT2D eigenvalue weighted by Gasteiger charge is -2.13.